The van der Waals surface area contributed by atoms with Crippen LogP contribution in [0.2, 0.25) is 0 Å². The van der Waals surface area contributed by atoms with Crippen molar-refractivity contribution in [2.75, 3.05) is 0 Å². The van der Waals surface area contributed by atoms with Crippen molar-refractivity contribution >= 4 is 81.6 Å². The fraction of sp³-hybridized carbons (Fsp3) is 0.0370. The largest absolute Gasteiger partial charge is 0.485 e. The molecule has 3 nitrogen and oxygen atoms in total. The molecule has 57 heavy (non-hydrogen) atoms. The Morgan fingerprint density at radius 1 is 0.474 bits per heavy atom. The van der Waals surface area contributed by atoms with Crippen molar-refractivity contribution in [3.8, 4) is 33.7 Å². The highest BCUT2D eigenvalue weighted by atomic mass is 16.5. The number of hydrogen-bond acceptors (Lipinski definition) is 2. The zero-order valence-corrected chi connectivity index (χ0v) is 30.9. The Balaban J connectivity index is 0.965. The van der Waals surface area contributed by atoms with Crippen LogP contribution in [0.1, 0.15) is 12.0 Å². The molecule has 9 aromatic carbocycles. The number of fused-ring (bicyclic) bond motifs is 15. The van der Waals surface area contributed by atoms with Crippen LogP contribution in [0.15, 0.2) is 186 Å². The van der Waals surface area contributed by atoms with Crippen LogP contribution in [0.5, 0.6) is 5.75 Å². The molecule has 13 rings (SSSR count). The van der Waals surface area contributed by atoms with Gasteiger partial charge in [0.15, 0.2) is 0 Å². The zero-order valence-electron chi connectivity index (χ0n) is 30.9. The number of benzene rings is 9. The summed E-state index contributed by atoms with van der Waals surface area (Å²) < 4.78 is 15.7. The van der Waals surface area contributed by atoms with Gasteiger partial charge in [0.2, 0.25) is 0 Å². The third-order valence-corrected chi connectivity index (χ3v) is 12.5. The van der Waals surface area contributed by atoms with Gasteiger partial charge in [0.25, 0.3) is 0 Å². The number of allylic oxidation sites excluding steroid dienone is 2. The fourth-order valence-electron chi connectivity index (χ4n) is 9.92. The first-order valence-corrected chi connectivity index (χ1v) is 19.8. The van der Waals surface area contributed by atoms with E-state index < -0.39 is 0 Å². The van der Waals surface area contributed by atoms with E-state index in [1.54, 1.807) is 0 Å². The predicted molar refractivity (Wildman–Crippen MR) is 238 cm³/mol. The normalized spacial score (nSPS) is 14.9. The van der Waals surface area contributed by atoms with Crippen molar-refractivity contribution < 1.29 is 9.15 Å². The highest BCUT2D eigenvalue weighted by Gasteiger charge is 2.32. The van der Waals surface area contributed by atoms with Gasteiger partial charge in [-0.3, -0.25) is 0 Å². The quantitative estimate of drug-likeness (QED) is 0.169. The minimum Gasteiger partial charge on any atom is -0.485 e. The Hall–Kier alpha value is -7.36. The van der Waals surface area contributed by atoms with Crippen molar-refractivity contribution in [3.63, 3.8) is 0 Å². The second-order valence-electron chi connectivity index (χ2n) is 15.5. The van der Waals surface area contributed by atoms with Crippen LogP contribution in [0, 0.1) is 0 Å². The molecule has 2 aliphatic rings. The number of para-hydroxylation sites is 2. The van der Waals surface area contributed by atoms with Gasteiger partial charge >= 0.3 is 0 Å². The van der Waals surface area contributed by atoms with Gasteiger partial charge in [-0.1, -0.05) is 133 Å². The highest BCUT2D eigenvalue weighted by Crippen LogP contribution is 2.48. The first-order chi connectivity index (χ1) is 28.3. The molecule has 0 N–H and O–H groups in total. The van der Waals surface area contributed by atoms with E-state index in [1.165, 1.54) is 70.9 Å². The monoisotopic (exact) mass is 727 g/mol. The maximum atomic E-state index is 6.88. The number of aromatic nitrogens is 1. The van der Waals surface area contributed by atoms with Crippen LogP contribution in [0.4, 0.5) is 0 Å². The molecule has 0 spiro atoms. The van der Waals surface area contributed by atoms with Gasteiger partial charge in [-0.15, -0.1) is 0 Å². The van der Waals surface area contributed by atoms with Crippen LogP contribution in [0.3, 0.4) is 0 Å². The number of ether oxygens (including phenoxy) is 1. The molecule has 2 aromatic heterocycles. The first kappa shape index (κ1) is 30.9. The molecule has 0 fully saturated rings. The zero-order chi connectivity index (χ0) is 37.2. The second kappa shape index (κ2) is 11.6. The minimum absolute atomic E-state index is 0.0690. The molecule has 11 aromatic rings. The number of hydrogen-bond donors (Lipinski definition) is 0. The summed E-state index contributed by atoms with van der Waals surface area (Å²) in [6.07, 6.45) is 7.49. The summed E-state index contributed by atoms with van der Waals surface area (Å²) in [4.78, 5) is 0. The second-order valence-corrected chi connectivity index (χ2v) is 15.5. The molecule has 1 aliphatic carbocycles. The van der Waals surface area contributed by atoms with Crippen molar-refractivity contribution in [1.29, 1.82) is 0 Å². The lowest BCUT2D eigenvalue weighted by Gasteiger charge is -2.13. The maximum Gasteiger partial charge on any atom is 0.143 e. The van der Waals surface area contributed by atoms with Gasteiger partial charge in [-0.25, -0.2) is 0 Å². The van der Waals surface area contributed by atoms with Crippen molar-refractivity contribution in [2.45, 2.75) is 12.5 Å². The van der Waals surface area contributed by atoms with Crippen LogP contribution < -0.4 is 4.74 Å². The molecule has 0 saturated carbocycles. The molecule has 1 aliphatic heterocycles. The molecule has 0 saturated heterocycles. The standard InChI is InChI=1S/C54H33NO2/c1-2-13-37-35(11-1)36-12-3-4-14-38(36)46-29-32(23-26-39(37)46)33-24-28-49-47(30-33)40-15-5-7-20-48(40)55(49)34-25-27-41-43-18-9-19-44(54(43)57-52(41)31-34)42-17-10-22-51-53(42)45-16-6-8-21-50(45)56-51/h1-20,22-31,50H,21H2. The minimum atomic E-state index is 0.0690. The molecule has 0 amide bonds. The Kier molecular flexibility index (Phi) is 6.28. The fourth-order valence-corrected chi connectivity index (χ4v) is 9.92. The first-order valence-electron chi connectivity index (χ1n) is 19.8. The SMILES string of the molecule is C1=CCC2Oc3cccc(-c4cccc5c4oc4cc(-n6c7ccccc7c7cc(-c8ccc9c%10ccccc%10c%10ccccc%10c9c8)ccc76)ccc45)c3C2=C1. The van der Waals surface area contributed by atoms with Crippen molar-refractivity contribution in [2.24, 2.45) is 0 Å². The van der Waals surface area contributed by atoms with Crippen molar-refractivity contribution in [3.05, 3.63) is 188 Å². The van der Waals surface area contributed by atoms with E-state index in [1.807, 2.05) is 0 Å². The summed E-state index contributed by atoms with van der Waals surface area (Å²) in [5.74, 6) is 0.945. The number of furan rings is 1. The van der Waals surface area contributed by atoms with Crippen LogP contribution in [-0.4, -0.2) is 10.7 Å². The number of nitrogens with zero attached hydrogens (tertiary/aromatic N) is 1. The average Bonchev–Trinajstić information content (AvgIpc) is 3.95. The van der Waals surface area contributed by atoms with Crippen LogP contribution >= 0.6 is 0 Å². The Morgan fingerprint density at radius 3 is 1.93 bits per heavy atom. The lowest BCUT2D eigenvalue weighted by atomic mass is 9.89. The molecule has 3 heterocycles. The summed E-state index contributed by atoms with van der Waals surface area (Å²) in [5, 5.41) is 12.4. The van der Waals surface area contributed by atoms with Gasteiger partial charge in [-0.05, 0) is 91.5 Å². The third kappa shape index (κ3) is 4.37. The molecule has 1 atom stereocenters. The van der Waals surface area contributed by atoms with E-state index >= 15 is 0 Å². The van der Waals surface area contributed by atoms with Gasteiger partial charge in [0.05, 0.1) is 11.0 Å². The Bertz CT molecular complexity index is 3560. The molecule has 3 heteroatoms. The van der Waals surface area contributed by atoms with E-state index in [-0.39, 0.29) is 6.10 Å². The van der Waals surface area contributed by atoms with Gasteiger partial charge < -0.3 is 13.7 Å². The Labute approximate surface area is 328 Å². The lowest BCUT2D eigenvalue weighted by Crippen LogP contribution is -2.12. The van der Waals surface area contributed by atoms with E-state index in [2.05, 4.69) is 187 Å². The van der Waals surface area contributed by atoms with Gasteiger partial charge in [0, 0.05) is 56.4 Å². The average molecular weight is 728 g/mol. The van der Waals surface area contributed by atoms with Crippen LogP contribution in [-0.2, 0) is 0 Å². The summed E-state index contributed by atoms with van der Waals surface area (Å²) in [5.41, 5.74) is 12.2. The molecule has 1 unspecified atom stereocenters. The molecular weight excluding hydrogens is 695 g/mol. The van der Waals surface area contributed by atoms with Crippen molar-refractivity contribution in [1.82, 2.24) is 4.57 Å². The van der Waals surface area contributed by atoms with E-state index in [0.717, 1.165) is 56.4 Å². The van der Waals surface area contributed by atoms with Gasteiger partial charge in [-0.2, -0.15) is 0 Å². The lowest BCUT2D eigenvalue weighted by molar-refractivity contribution is 0.279. The molecular formula is C54H33NO2. The highest BCUT2D eigenvalue weighted by molar-refractivity contribution is 6.26. The summed E-state index contributed by atoms with van der Waals surface area (Å²) in [6, 6.07) is 59.8. The molecule has 266 valence electrons. The van der Waals surface area contributed by atoms with E-state index in [0.29, 0.717) is 0 Å². The Morgan fingerprint density at radius 2 is 1.11 bits per heavy atom. The van der Waals surface area contributed by atoms with Gasteiger partial charge in [0.1, 0.15) is 23.0 Å². The summed E-state index contributed by atoms with van der Waals surface area (Å²) in [7, 11) is 0. The topological polar surface area (TPSA) is 27.3 Å². The van der Waals surface area contributed by atoms with E-state index in [9.17, 15) is 0 Å². The smallest absolute Gasteiger partial charge is 0.143 e. The summed E-state index contributed by atoms with van der Waals surface area (Å²) in [6.45, 7) is 0. The third-order valence-electron chi connectivity index (χ3n) is 12.5. The van der Waals surface area contributed by atoms with E-state index in [4.69, 9.17) is 9.15 Å². The molecule has 0 bridgehead atoms. The van der Waals surface area contributed by atoms with Crippen LogP contribution in [0.25, 0.3) is 110 Å². The molecule has 0 radical (unpaired) electrons. The maximum absolute atomic E-state index is 6.88. The number of rotatable bonds is 3. The predicted octanol–water partition coefficient (Wildman–Crippen LogP) is 14.6. The summed E-state index contributed by atoms with van der Waals surface area (Å²) >= 11 is 0.